The zero-order valence-electron chi connectivity index (χ0n) is 16.3. The minimum Gasteiger partial charge on any atom is -0.507 e. The van der Waals surface area contributed by atoms with Crippen LogP contribution in [0.1, 0.15) is 29.3 Å². The number of hydrogen-bond donors (Lipinski definition) is 1. The molecule has 1 N–H and O–H groups in total. The largest absolute Gasteiger partial charge is 0.507 e. The molecule has 2 aliphatic heterocycles. The highest BCUT2D eigenvalue weighted by molar-refractivity contribution is 8.27. The number of rotatable bonds is 5. The number of Topliss-reactive ketones (excluding diaryl/α,β-unsaturated/α-hetero) is 1. The van der Waals surface area contributed by atoms with Crippen LogP contribution in [-0.2, 0) is 8.98 Å². The zero-order chi connectivity index (χ0) is 21.3. The molecule has 0 amide bonds. The number of aromatic hydroxyl groups is 1. The van der Waals surface area contributed by atoms with Crippen LogP contribution in [0, 0.1) is 5.92 Å². The molecule has 0 fully saturated rings. The number of ketones is 1. The van der Waals surface area contributed by atoms with Gasteiger partial charge in [0.1, 0.15) is 33.9 Å². The number of ether oxygens (including phenoxy) is 1. The third-order valence-electron chi connectivity index (χ3n) is 4.86. The van der Waals surface area contributed by atoms with Gasteiger partial charge in [0.2, 0.25) is 5.12 Å². The van der Waals surface area contributed by atoms with E-state index in [1.54, 1.807) is 12.1 Å². The van der Waals surface area contributed by atoms with Crippen LogP contribution in [0.5, 0.6) is 11.5 Å². The molecule has 0 spiro atoms. The van der Waals surface area contributed by atoms with E-state index in [9.17, 15) is 14.7 Å². The molecule has 2 atom stereocenters. The SMILES string of the molecule is COSc1ccc(O)c2c1OC(C(C)C=C1N=C(c3ccccc3)SC1=O)CC2=O. The number of nitrogens with zero attached hydrogens (tertiary/aromatic N) is 1. The summed E-state index contributed by atoms with van der Waals surface area (Å²) in [6.07, 6.45) is 1.37. The van der Waals surface area contributed by atoms with Gasteiger partial charge >= 0.3 is 0 Å². The number of carbonyl (C=O) groups is 2. The molecule has 0 aromatic heterocycles. The summed E-state index contributed by atoms with van der Waals surface area (Å²) >= 11 is 2.16. The average molecular weight is 442 g/mol. The Labute approximate surface area is 182 Å². The highest BCUT2D eigenvalue weighted by atomic mass is 32.2. The van der Waals surface area contributed by atoms with E-state index in [1.165, 1.54) is 13.2 Å². The van der Waals surface area contributed by atoms with Crippen molar-refractivity contribution in [2.24, 2.45) is 10.9 Å². The summed E-state index contributed by atoms with van der Waals surface area (Å²) in [5, 5.41) is 10.7. The Bertz CT molecular complexity index is 1060. The number of fused-ring (bicyclic) bond motifs is 1. The highest BCUT2D eigenvalue weighted by Crippen LogP contribution is 2.43. The van der Waals surface area contributed by atoms with Crippen LogP contribution in [0.15, 0.2) is 64.1 Å². The number of phenolic OH excluding ortho intramolecular Hbond substituents is 1. The molecule has 0 bridgehead atoms. The summed E-state index contributed by atoms with van der Waals surface area (Å²) in [4.78, 5) is 30.2. The Hall–Kier alpha value is -2.55. The number of aliphatic imine (C=N–C) groups is 1. The Morgan fingerprint density at radius 1 is 1.27 bits per heavy atom. The standard InChI is InChI=1S/C22H19NO5S2/c1-12(10-14-22(26)29-21(23-14)13-6-4-3-5-7-13)17-11-16(25)19-15(24)8-9-18(30-27-2)20(19)28-17/h3-10,12,17,24H,11H2,1-2H3. The van der Waals surface area contributed by atoms with Crippen LogP contribution < -0.4 is 4.74 Å². The summed E-state index contributed by atoms with van der Waals surface area (Å²) in [7, 11) is 1.52. The molecule has 2 heterocycles. The maximum absolute atomic E-state index is 12.7. The minimum absolute atomic E-state index is 0.100. The van der Waals surface area contributed by atoms with Crippen molar-refractivity contribution in [1.29, 1.82) is 0 Å². The van der Waals surface area contributed by atoms with E-state index in [0.717, 1.165) is 29.4 Å². The molecule has 0 saturated carbocycles. The van der Waals surface area contributed by atoms with Gasteiger partial charge in [-0.3, -0.25) is 9.59 Å². The number of thioether (sulfide) groups is 1. The van der Waals surface area contributed by atoms with Crippen LogP contribution in [0.4, 0.5) is 0 Å². The van der Waals surface area contributed by atoms with Gasteiger partial charge in [0, 0.05) is 29.9 Å². The number of benzene rings is 2. The maximum atomic E-state index is 12.7. The molecule has 2 aromatic carbocycles. The molecule has 2 aliphatic rings. The van der Waals surface area contributed by atoms with Crippen LogP contribution in [0.3, 0.4) is 0 Å². The fourth-order valence-electron chi connectivity index (χ4n) is 3.35. The molecule has 2 aromatic rings. The first kappa shape index (κ1) is 20.7. The van der Waals surface area contributed by atoms with Gasteiger partial charge in [0.05, 0.1) is 12.0 Å². The Morgan fingerprint density at radius 3 is 2.77 bits per heavy atom. The number of phenols is 1. The molecule has 30 heavy (non-hydrogen) atoms. The number of hydrogen-bond acceptors (Lipinski definition) is 8. The van der Waals surface area contributed by atoms with Crippen molar-refractivity contribution in [3.05, 3.63) is 65.4 Å². The first-order chi connectivity index (χ1) is 14.5. The van der Waals surface area contributed by atoms with Gasteiger partial charge in [-0.25, -0.2) is 4.99 Å². The van der Waals surface area contributed by atoms with E-state index in [-0.39, 0.29) is 34.6 Å². The lowest BCUT2D eigenvalue weighted by atomic mass is 9.92. The van der Waals surface area contributed by atoms with Crippen LogP contribution >= 0.6 is 23.8 Å². The van der Waals surface area contributed by atoms with Crippen molar-refractivity contribution in [3.63, 3.8) is 0 Å². The van der Waals surface area contributed by atoms with Crippen molar-refractivity contribution >= 4 is 39.7 Å². The molecule has 4 rings (SSSR count). The van der Waals surface area contributed by atoms with Gasteiger partial charge < -0.3 is 14.0 Å². The first-order valence-electron chi connectivity index (χ1n) is 9.32. The lowest BCUT2D eigenvalue weighted by molar-refractivity contribution is -0.107. The van der Waals surface area contributed by atoms with Crippen molar-refractivity contribution in [2.45, 2.75) is 24.3 Å². The second kappa shape index (κ2) is 8.67. The smallest absolute Gasteiger partial charge is 0.243 e. The van der Waals surface area contributed by atoms with Gasteiger partial charge in [-0.1, -0.05) is 37.3 Å². The van der Waals surface area contributed by atoms with E-state index in [1.807, 2.05) is 37.3 Å². The zero-order valence-corrected chi connectivity index (χ0v) is 18.0. The normalized spacial score (nSPS) is 20.7. The topological polar surface area (TPSA) is 85.2 Å². The second-order valence-corrected chi connectivity index (χ2v) is 8.81. The lowest BCUT2D eigenvalue weighted by Gasteiger charge is -2.29. The molecule has 0 saturated heterocycles. The van der Waals surface area contributed by atoms with E-state index in [4.69, 9.17) is 8.92 Å². The molecule has 8 heteroatoms. The molecule has 0 aliphatic carbocycles. The van der Waals surface area contributed by atoms with E-state index in [2.05, 4.69) is 4.99 Å². The summed E-state index contributed by atoms with van der Waals surface area (Å²) in [6.45, 7) is 1.88. The van der Waals surface area contributed by atoms with Crippen molar-refractivity contribution in [3.8, 4) is 11.5 Å². The Morgan fingerprint density at radius 2 is 2.03 bits per heavy atom. The summed E-state index contributed by atoms with van der Waals surface area (Å²) in [6, 6.07) is 12.6. The van der Waals surface area contributed by atoms with Gasteiger partial charge in [0.15, 0.2) is 5.78 Å². The fraction of sp³-hybridized carbons (Fsp3) is 0.227. The predicted octanol–water partition coefficient (Wildman–Crippen LogP) is 4.62. The molecule has 2 unspecified atom stereocenters. The third kappa shape index (κ3) is 4.03. The van der Waals surface area contributed by atoms with Crippen LogP contribution in [0.2, 0.25) is 0 Å². The maximum Gasteiger partial charge on any atom is 0.243 e. The molecule has 6 nitrogen and oxygen atoms in total. The van der Waals surface area contributed by atoms with Gasteiger partial charge in [-0.2, -0.15) is 0 Å². The summed E-state index contributed by atoms with van der Waals surface area (Å²) < 4.78 is 11.2. The minimum atomic E-state index is -0.482. The summed E-state index contributed by atoms with van der Waals surface area (Å²) in [5.74, 6) is -0.250. The van der Waals surface area contributed by atoms with E-state index < -0.39 is 6.10 Å². The van der Waals surface area contributed by atoms with Gasteiger partial charge in [-0.15, -0.1) is 0 Å². The van der Waals surface area contributed by atoms with Crippen LogP contribution in [-0.4, -0.2) is 34.3 Å². The van der Waals surface area contributed by atoms with Crippen LogP contribution in [0.25, 0.3) is 0 Å². The molecular formula is C22H19NO5S2. The van der Waals surface area contributed by atoms with E-state index in [0.29, 0.717) is 21.4 Å². The van der Waals surface area contributed by atoms with Gasteiger partial charge in [-0.05, 0) is 30.0 Å². The fourth-order valence-corrected chi connectivity index (χ4v) is 4.67. The van der Waals surface area contributed by atoms with Crippen molar-refractivity contribution in [1.82, 2.24) is 0 Å². The quantitative estimate of drug-likeness (QED) is 0.535. The van der Waals surface area contributed by atoms with E-state index >= 15 is 0 Å². The Balaban J connectivity index is 1.60. The molecule has 0 radical (unpaired) electrons. The molecule has 154 valence electrons. The highest BCUT2D eigenvalue weighted by Gasteiger charge is 2.34. The predicted molar refractivity (Wildman–Crippen MR) is 117 cm³/mol. The third-order valence-corrected chi connectivity index (χ3v) is 6.44. The van der Waals surface area contributed by atoms with Gasteiger partial charge in [0.25, 0.3) is 0 Å². The summed E-state index contributed by atoms with van der Waals surface area (Å²) in [5.41, 5.74) is 1.42. The lowest BCUT2D eigenvalue weighted by Crippen LogP contribution is -2.32. The monoisotopic (exact) mass is 441 g/mol. The average Bonchev–Trinajstić information content (AvgIpc) is 3.10. The number of carbonyl (C=O) groups excluding carboxylic acids is 2. The van der Waals surface area contributed by atoms with Crippen molar-refractivity contribution < 1.29 is 23.6 Å². The van der Waals surface area contributed by atoms with Crippen molar-refractivity contribution in [2.75, 3.05) is 7.11 Å². The molecular weight excluding hydrogens is 422 g/mol. The first-order valence-corrected chi connectivity index (χ1v) is 10.9. The second-order valence-electron chi connectivity index (χ2n) is 6.90. The Kier molecular flexibility index (Phi) is 5.99.